The number of ether oxygens (including phenoxy) is 1. The van der Waals surface area contributed by atoms with E-state index in [2.05, 4.69) is 15.3 Å². The number of aromatic nitrogens is 2. The molecule has 2 rings (SSSR count). The molecule has 1 aromatic heterocycles. The summed E-state index contributed by atoms with van der Waals surface area (Å²) in [5.74, 6) is 0.584. The first-order valence-corrected chi connectivity index (χ1v) is 7.40. The van der Waals surface area contributed by atoms with Crippen LogP contribution in [-0.2, 0) is 11.3 Å². The molecule has 0 atom stereocenters. The molecule has 5 heteroatoms. The van der Waals surface area contributed by atoms with E-state index in [-0.39, 0.29) is 5.91 Å². The smallest absolute Gasteiger partial charge is 0.244 e. The first-order chi connectivity index (χ1) is 11.0. The zero-order valence-corrected chi connectivity index (χ0v) is 13.9. The second kappa shape index (κ2) is 7.54. The molecule has 1 N–H and O–H groups in total. The summed E-state index contributed by atoms with van der Waals surface area (Å²) in [4.78, 5) is 20.8. The molecule has 1 aromatic carbocycles. The van der Waals surface area contributed by atoms with Crippen molar-refractivity contribution >= 4 is 12.0 Å². The zero-order valence-electron chi connectivity index (χ0n) is 13.9. The predicted octanol–water partition coefficient (Wildman–Crippen LogP) is 2.74. The molecule has 0 unspecified atom stereocenters. The number of carbonyl (C=O) groups excluding carboxylic acids is 1. The molecule has 120 valence electrons. The number of aryl methyl sites for hydroxylation is 3. The largest absolute Gasteiger partial charge is 0.497 e. The quantitative estimate of drug-likeness (QED) is 0.862. The summed E-state index contributed by atoms with van der Waals surface area (Å²) in [6.45, 7) is 6.10. The fraction of sp³-hybridized carbons (Fsp3) is 0.278. The maximum absolute atomic E-state index is 11.9. The summed E-state index contributed by atoms with van der Waals surface area (Å²) >= 11 is 0. The molecular weight excluding hydrogens is 290 g/mol. The van der Waals surface area contributed by atoms with Crippen LogP contribution >= 0.6 is 0 Å². The number of nitrogens with one attached hydrogen (secondary N) is 1. The molecule has 2 aromatic rings. The molecule has 0 aliphatic heterocycles. The maximum atomic E-state index is 11.9. The van der Waals surface area contributed by atoms with Crippen molar-refractivity contribution < 1.29 is 9.53 Å². The molecule has 0 aliphatic rings. The molecule has 0 spiro atoms. The number of nitrogens with zero attached hydrogens (tertiary/aromatic N) is 2. The van der Waals surface area contributed by atoms with Gasteiger partial charge >= 0.3 is 0 Å². The van der Waals surface area contributed by atoms with Gasteiger partial charge in [-0.25, -0.2) is 0 Å². The SMILES string of the molecule is COc1cccc(/C=C/C(=O)NCc2nc(C)c(C)nc2C)c1. The van der Waals surface area contributed by atoms with E-state index in [0.717, 1.165) is 34.1 Å². The van der Waals surface area contributed by atoms with E-state index in [9.17, 15) is 4.79 Å². The average Bonchev–Trinajstić information content (AvgIpc) is 2.55. The highest BCUT2D eigenvalue weighted by Gasteiger charge is 2.06. The molecule has 0 fully saturated rings. The van der Waals surface area contributed by atoms with Crippen LogP contribution in [0.4, 0.5) is 0 Å². The highest BCUT2D eigenvalue weighted by atomic mass is 16.5. The van der Waals surface area contributed by atoms with Crippen LogP contribution in [0.15, 0.2) is 30.3 Å². The lowest BCUT2D eigenvalue weighted by Crippen LogP contribution is -2.22. The Bertz CT molecular complexity index is 739. The lowest BCUT2D eigenvalue weighted by atomic mass is 10.2. The topological polar surface area (TPSA) is 64.1 Å². The van der Waals surface area contributed by atoms with Crippen LogP contribution in [-0.4, -0.2) is 23.0 Å². The lowest BCUT2D eigenvalue weighted by Gasteiger charge is -2.08. The standard InChI is InChI=1S/C18H21N3O2/c1-12-13(2)21-17(14(3)20-12)11-19-18(22)9-8-15-6-5-7-16(10-15)23-4/h5-10H,11H2,1-4H3,(H,19,22)/b9-8+. The fourth-order valence-electron chi connectivity index (χ4n) is 2.08. The van der Waals surface area contributed by atoms with Gasteiger partial charge in [-0.3, -0.25) is 14.8 Å². The molecule has 1 heterocycles. The van der Waals surface area contributed by atoms with Crippen LogP contribution in [0.3, 0.4) is 0 Å². The minimum atomic E-state index is -0.174. The number of rotatable bonds is 5. The van der Waals surface area contributed by atoms with E-state index in [1.165, 1.54) is 6.08 Å². The van der Waals surface area contributed by atoms with Crippen molar-refractivity contribution in [3.63, 3.8) is 0 Å². The van der Waals surface area contributed by atoms with Gasteiger partial charge in [-0.05, 0) is 44.5 Å². The molecule has 0 bridgehead atoms. The van der Waals surface area contributed by atoms with Crippen molar-refractivity contribution in [1.82, 2.24) is 15.3 Å². The second-order valence-corrected chi connectivity index (χ2v) is 5.25. The predicted molar refractivity (Wildman–Crippen MR) is 90.1 cm³/mol. The van der Waals surface area contributed by atoms with Gasteiger partial charge in [-0.15, -0.1) is 0 Å². The number of hydrogen-bond acceptors (Lipinski definition) is 4. The summed E-state index contributed by atoms with van der Waals surface area (Å²) in [7, 11) is 1.61. The van der Waals surface area contributed by atoms with Crippen molar-refractivity contribution in [3.05, 3.63) is 58.7 Å². The monoisotopic (exact) mass is 311 g/mol. The third-order valence-electron chi connectivity index (χ3n) is 3.53. The third kappa shape index (κ3) is 4.64. The van der Waals surface area contributed by atoms with Crippen molar-refractivity contribution in [2.24, 2.45) is 0 Å². The van der Waals surface area contributed by atoms with Crippen molar-refractivity contribution in [3.8, 4) is 5.75 Å². The van der Waals surface area contributed by atoms with Crippen LogP contribution in [0.1, 0.15) is 28.3 Å². The Hall–Kier alpha value is -2.69. The summed E-state index contributed by atoms with van der Waals surface area (Å²) in [5, 5.41) is 2.83. The van der Waals surface area contributed by atoms with E-state index in [1.807, 2.05) is 45.0 Å². The summed E-state index contributed by atoms with van der Waals surface area (Å²) in [5.41, 5.74) is 4.32. The van der Waals surface area contributed by atoms with Gasteiger partial charge in [-0.2, -0.15) is 0 Å². The van der Waals surface area contributed by atoms with Crippen molar-refractivity contribution in [2.45, 2.75) is 27.3 Å². The molecule has 1 amide bonds. The van der Waals surface area contributed by atoms with Gasteiger partial charge in [-0.1, -0.05) is 12.1 Å². The zero-order chi connectivity index (χ0) is 16.8. The van der Waals surface area contributed by atoms with Crippen LogP contribution in [0.2, 0.25) is 0 Å². The van der Waals surface area contributed by atoms with Crippen molar-refractivity contribution in [1.29, 1.82) is 0 Å². The second-order valence-electron chi connectivity index (χ2n) is 5.25. The number of benzene rings is 1. The molecule has 0 aliphatic carbocycles. The fourth-order valence-corrected chi connectivity index (χ4v) is 2.08. The Morgan fingerprint density at radius 2 is 1.91 bits per heavy atom. The van der Waals surface area contributed by atoms with Gasteiger partial charge in [0.05, 0.1) is 36.4 Å². The van der Waals surface area contributed by atoms with Crippen LogP contribution in [0, 0.1) is 20.8 Å². The minimum absolute atomic E-state index is 0.174. The van der Waals surface area contributed by atoms with Gasteiger partial charge in [0.15, 0.2) is 0 Å². The molecule has 23 heavy (non-hydrogen) atoms. The van der Waals surface area contributed by atoms with Gasteiger partial charge in [0, 0.05) is 6.08 Å². The first kappa shape index (κ1) is 16.7. The maximum Gasteiger partial charge on any atom is 0.244 e. The van der Waals surface area contributed by atoms with E-state index < -0.39 is 0 Å². The molecule has 0 saturated carbocycles. The highest BCUT2D eigenvalue weighted by Crippen LogP contribution is 2.13. The average molecular weight is 311 g/mol. The van der Waals surface area contributed by atoms with Crippen LogP contribution < -0.4 is 10.1 Å². The number of amides is 1. The number of methoxy groups -OCH3 is 1. The Labute approximate surface area is 136 Å². The molecule has 0 radical (unpaired) electrons. The van der Waals surface area contributed by atoms with E-state index in [0.29, 0.717) is 6.54 Å². The molecular formula is C18H21N3O2. The Morgan fingerprint density at radius 1 is 1.17 bits per heavy atom. The van der Waals surface area contributed by atoms with E-state index >= 15 is 0 Å². The summed E-state index contributed by atoms with van der Waals surface area (Å²) < 4.78 is 5.15. The first-order valence-electron chi connectivity index (χ1n) is 7.40. The Kier molecular flexibility index (Phi) is 5.46. The van der Waals surface area contributed by atoms with Gasteiger partial charge in [0.2, 0.25) is 5.91 Å². The summed E-state index contributed by atoms with van der Waals surface area (Å²) in [6.07, 6.45) is 3.25. The van der Waals surface area contributed by atoms with E-state index in [1.54, 1.807) is 13.2 Å². The van der Waals surface area contributed by atoms with Gasteiger partial charge in [0.25, 0.3) is 0 Å². The number of hydrogen-bond donors (Lipinski definition) is 1. The van der Waals surface area contributed by atoms with Crippen LogP contribution in [0.5, 0.6) is 5.75 Å². The highest BCUT2D eigenvalue weighted by molar-refractivity contribution is 5.91. The van der Waals surface area contributed by atoms with E-state index in [4.69, 9.17) is 4.74 Å². The minimum Gasteiger partial charge on any atom is -0.497 e. The van der Waals surface area contributed by atoms with Gasteiger partial charge in [0.1, 0.15) is 5.75 Å². The Balaban J connectivity index is 1.97. The molecule has 5 nitrogen and oxygen atoms in total. The third-order valence-corrected chi connectivity index (χ3v) is 3.53. The summed E-state index contributed by atoms with van der Waals surface area (Å²) in [6, 6.07) is 7.51. The Morgan fingerprint density at radius 3 is 2.65 bits per heavy atom. The van der Waals surface area contributed by atoms with Crippen molar-refractivity contribution in [2.75, 3.05) is 7.11 Å². The number of carbonyl (C=O) groups is 1. The normalized spacial score (nSPS) is 10.8. The molecule has 0 saturated heterocycles. The van der Waals surface area contributed by atoms with Crippen LogP contribution in [0.25, 0.3) is 6.08 Å². The lowest BCUT2D eigenvalue weighted by molar-refractivity contribution is -0.116. The van der Waals surface area contributed by atoms with Gasteiger partial charge < -0.3 is 10.1 Å².